The molecule has 0 saturated carbocycles. The van der Waals surface area contributed by atoms with E-state index in [9.17, 15) is 8.42 Å². The molecule has 0 aromatic heterocycles. The van der Waals surface area contributed by atoms with Crippen molar-refractivity contribution in [3.05, 3.63) is 0 Å². The summed E-state index contributed by atoms with van der Waals surface area (Å²) in [6.45, 7) is 4.50. The van der Waals surface area contributed by atoms with Crippen LogP contribution in [-0.2, 0) is 10.0 Å². The first-order chi connectivity index (χ1) is 5.98. The molecule has 1 saturated heterocycles. The topological polar surface area (TPSA) is 57.6 Å². The normalized spacial score (nSPS) is 25.7. The summed E-state index contributed by atoms with van der Waals surface area (Å²) >= 11 is 0. The Bertz CT molecular complexity index is 261. The van der Waals surface area contributed by atoms with Crippen molar-refractivity contribution in [1.29, 1.82) is 0 Å². The molecule has 1 N–H and O–H groups in total. The number of hydrogen-bond acceptors (Lipinski definition) is 3. The summed E-state index contributed by atoms with van der Waals surface area (Å²) in [6, 6.07) is 0. The Labute approximate surface area is 79.6 Å². The van der Waals surface area contributed by atoms with Crippen LogP contribution in [0.25, 0.3) is 0 Å². The Morgan fingerprint density at radius 1 is 1.54 bits per heavy atom. The molecule has 1 rings (SSSR count). The van der Waals surface area contributed by atoms with E-state index in [1.165, 1.54) is 4.31 Å². The van der Waals surface area contributed by atoms with Crippen LogP contribution in [0.5, 0.6) is 0 Å². The average molecular weight is 207 g/mol. The second-order valence-corrected chi connectivity index (χ2v) is 6.28. The minimum atomic E-state index is -3.10. The predicted octanol–water partition coefficient (Wildman–Crippen LogP) is 0.0388. The summed E-state index contributed by atoms with van der Waals surface area (Å²) in [5.74, 6) is 0.133. The molecule has 78 valence electrons. The van der Waals surface area contributed by atoms with Crippen LogP contribution >= 0.6 is 0 Å². The van der Waals surface area contributed by atoms with Crippen LogP contribution in [0, 0.1) is 5.92 Å². The first kappa shape index (κ1) is 10.9. The van der Waals surface area contributed by atoms with Gasteiger partial charge in [0.25, 0.3) is 0 Å². The Balaban J connectivity index is 2.66. The lowest BCUT2D eigenvalue weighted by Gasteiger charge is -2.18. The van der Waals surface area contributed by atoms with Crippen molar-refractivity contribution in [2.75, 3.05) is 19.7 Å². The molecule has 4 nitrogen and oxygen atoms in total. The molecule has 1 aliphatic rings. The van der Waals surface area contributed by atoms with Crippen molar-refractivity contribution in [3.8, 4) is 0 Å². The third-order valence-electron chi connectivity index (χ3n) is 2.46. The summed E-state index contributed by atoms with van der Waals surface area (Å²) in [7, 11) is -3.10. The van der Waals surface area contributed by atoms with Crippen molar-refractivity contribution in [3.63, 3.8) is 0 Å². The predicted molar refractivity (Wildman–Crippen MR) is 50.8 cm³/mol. The number of sulfonamides is 1. The molecular formula is C8H17NO3S. The summed E-state index contributed by atoms with van der Waals surface area (Å²) in [4.78, 5) is 0. The molecule has 1 unspecified atom stereocenters. The lowest BCUT2D eigenvalue weighted by atomic mass is 10.1. The Morgan fingerprint density at radius 2 is 2.15 bits per heavy atom. The monoisotopic (exact) mass is 207 g/mol. The van der Waals surface area contributed by atoms with Gasteiger partial charge in [-0.25, -0.2) is 12.7 Å². The standard InChI is InChI=1S/C8H17NO3S/c1-7(2)13(11,12)9-4-3-8(5-9)6-10/h7-8,10H,3-6H2,1-2H3. The second kappa shape index (κ2) is 3.94. The van der Waals surface area contributed by atoms with E-state index in [1.54, 1.807) is 13.8 Å². The zero-order chi connectivity index (χ0) is 10.1. The summed E-state index contributed by atoms with van der Waals surface area (Å²) < 4.78 is 24.8. The second-order valence-electron chi connectivity index (χ2n) is 3.79. The van der Waals surface area contributed by atoms with Crippen LogP contribution in [0.2, 0.25) is 0 Å². The smallest absolute Gasteiger partial charge is 0.216 e. The van der Waals surface area contributed by atoms with E-state index >= 15 is 0 Å². The highest BCUT2D eigenvalue weighted by Gasteiger charge is 2.32. The Hall–Kier alpha value is -0.130. The van der Waals surface area contributed by atoms with Gasteiger partial charge in [-0.15, -0.1) is 0 Å². The number of aliphatic hydroxyl groups is 1. The van der Waals surface area contributed by atoms with Gasteiger partial charge in [0.2, 0.25) is 10.0 Å². The van der Waals surface area contributed by atoms with Crippen LogP contribution in [0.1, 0.15) is 20.3 Å². The van der Waals surface area contributed by atoms with E-state index < -0.39 is 10.0 Å². The minimum absolute atomic E-state index is 0.0874. The minimum Gasteiger partial charge on any atom is -0.396 e. The van der Waals surface area contributed by atoms with E-state index in [1.807, 2.05) is 0 Å². The highest BCUT2D eigenvalue weighted by Crippen LogP contribution is 2.20. The SMILES string of the molecule is CC(C)S(=O)(=O)N1CCC(CO)C1. The quantitative estimate of drug-likeness (QED) is 0.711. The molecule has 0 amide bonds. The molecule has 5 heteroatoms. The average Bonchev–Trinajstić information content (AvgIpc) is 2.51. The first-order valence-electron chi connectivity index (χ1n) is 4.58. The van der Waals surface area contributed by atoms with Gasteiger partial charge in [-0.1, -0.05) is 0 Å². The van der Waals surface area contributed by atoms with E-state index in [0.29, 0.717) is 13.1 Å². The van der Waals surface area contributed by atoms with Gasteiger partial charge >= 0.3 is 0 Å². The fraction of sp³-hybridized carbons (Fsp3) is 1.00. The molecule has 0 aromatic carbocycles. The van der Waals surface area contributed by atoms with E-state index in [4.69, 9.17) is 5.11 Å². The molecule has 1 aliphatic heterocycles. The van der Waals surface area contributed by atoms with Crippen LogP contribution < -0.4 is 0 Å². The van der Waals surface area contributed by atoms with E-state index in [2.05, 4.69) is 0 Å². The van der Waals surface area contributed by atoms with Gasteiger partial charge in [-0.3, -0.25) is 0 Å². The summed E-state index contributed by atoms with van der Waals surface area (Å²) in [5.41, 5.74) is 0. The molecule has 13 heavy (non-hydrogen) atoms. The maximum atomic E-state index is 11.6. The molecule has 0 radical (unpaired) electrons. The zero-order valence-electron chi connectivity index (χ0n) is 8.10. The van der Waals surface area contributed by atoms with Crippen molar-refractivity contribution in [2.24, 2.45) is 5.92 Å². The van der Waals surface area contributed by atoms with Gasteiger partial charge in [0.1, 0.15) is 0 Å². The number of rotatable bonds is 3. The Kier molecular flexibility index (Phi) is 3.32. The fourth-order valence-corrected chi connectivity index (χ4v) is 2.85. The van der Waals surface area contributed by atoms with Gasteiger partial charge in [0, 0.05) is 19.7 Å². The van der Waals surface area contributed by atoms with Gasteiger partial charge in [0.15, 0.2) is 0 Å². The van der Waals surface area contributed by atoms with E-state index in [0.717, 1.165) is 6.42 Å². The molecule has 1 heterocycles. The highest BCUT2D eigenvalue weighted by atomic mass is 32.2. The summed E-state index contributed by atoms with van der Waals surface area (Å²) in [5, 5.41) is 8.51. The van der Waals surface area contributed by atoms with Gasteiger partial charge in [0.05, 0.1) is 5.25 Å². The van der Waals surface area contributed by atoms with Gasteiger partial charge < -0.3 is 5.11 Å². The number of nitrogens with zero attached hydrogens (tertiary/aromatic N) is 1. The highest BCUT2D eigenvalue weighted by molar-refractivity contribution is 7.89. The van der Waals surface area contributed by atoms with Crippen LogP contribution in [0.4, 0.5) is 0 Å². The number of hydrogen-bond donors (Lipinski definition) is 1. The molecule has 0 aromatic rings. The maximum Gasteiger partial charge on any atom is 0.216 e. The largest absolute Gasteiger partial charge is 0.396 e. The van der Waals surface area contributed by atoms with Crippen molar-refractivity contribution in [1.82, 2.24) is 4.31 Å². The van der Waals surface area contributed by atoms with E-state index in [-0.39, 0.29) is 17.8 Å². The maximum absolute atomic E-state index is 11.6. The molecular weight excluding hydrogens is 190 g/mol. The van der Waals surface area contributed by atoms with Crippen molar-refractivity contribution < 1.29 is 13.5 Å². The van der Waals surface area contributed by atoms with Crippen LogP contribution in [0.15, 0.2) is 0 Å². The lowest BCUT2D eigenvalue weighted by Crippen LogP contribution is -2.34. The third-order valence-corrected chi connectivity index (χ3v) is 4.71. The molecule has 0 bridgehead atoms. The first-order valence-corrected chi connectivity index (χ1v) is 6.08. The lowest BCUT2D eigenvalue weighted by molar-refractivity contribution is 0.233. The summed E-state index contributed by atoms with van der Waals surface area (Å²) in [6.07, 6.45) is 0.780. The van der Waals surface area contributed by atoms with Crippen LogP contribution in [-0.4, -0.2) is 42.8 Å². The third kappa shape index (κ3) is 2.21. The van der Waals surface area contributed by atoms with Crippen LogP contribution in [0.3, 0.4) is 0 Å². The Morgan fingerprint density at radius 3 is 2.54 bits per heavy atom. The van der Waals surface area contributed by atoms with Crippen molar-refractivity contribution >= 4 is 10.0 Å². The van der Waals surface area contributed by atoms with Crippen molar-refractivity contribution in [2.45, 2.75) is 25.5 Å². The number of aliphatic hydroxyl groups excluding tert-OH is 1. The molecule has 0 spiro atoms. The fourth-order valence-electron chi connectivity index (χ4n) is 1.48. The van der Waals surface area contributed by atoms with Gasteiger partial charge in [-0.2, -0.15) is 0 Å². The molecule has 0 aliphatic carbocycles. The van der Waals surface area contributed by atoms with Gasteiger partial charge in [-0.05, 0) is 26.2 Å². The zero-order valence-corrected chi connectivity index (χ0v) is 8.92. The molecule has 1 atom stereocenters. The molecule has 1 fully saturated rings.